The number of rotatable bonds is 2. The van der Waals surface area contributed by atoms with Gasteiger partial charge in [-0.15, -0.1) is 0 Å². The number of aromatic nitrogens is 5. The highest BCUT2D eigenvalue weighted by atomic mass is 16.2. The van der Waals surface area contributed by atoms with Crippen LogP contribution in [0.1, 0.15) is 34.5 Å². The highest BCUT2D eigenvalue weighted by molar-refractivity contribution is 6.08. The molecule has 0 radical (unpaired) electrons. The number of fused-ring (bicyclic) bond motifs is 5. The van der Waals surface area contributed by atoms with Crippen LogP contribution in [0, 0.1) is 0 Å². The maximum Gasteiger partial charge on any atom is 0.272 e. The minimum atomic E-state index is -0.0979. The van der Waals surface area contributed by atoms with Crippen LogP contribution in [0.5, 0.6) is 0 Å². The summed E-state index contributed by atoms with van der Waals surface area (Å²) in [6.07, 6.45) is 7.87. The van der Waals surface area contributed by atoms with Crippen molar-refractivity contribution in [2.45, 2.75) is 25.7 Å². The molecule has 0 bridgehead atoms. The Morgan fingerprint density at radius 3 is 2.63 bits per heavy atom. The quantitative estimate of drug-likeness (QED) is 0.575. The van der Waals surface area contributed by atoms with Crippen LogP contribution in [0.4, 0.5) is 0 Å². The van der Waals surface area contributed by atoms with Crippen molar-refractivity contribution >= 4 is 27.7 Å². The zero-order valence-electron chi connectivity index (χ0n) is 15.3. The van der Waals surface area contributed by atoms with Crippen LogP contribution < -0.4 is 0 Å². The predicted octanol–water partition coefficient (Wildman–Crippen LogP) is 3.08. The molecule has 5 rings (SSSR count). The fourth-order valence-corrected chi connectivity index (χ4v) is 4.12. The molecular weight excluding hydrogens is 340 g/mol. The normalized spacial score (nSPS) is 13.9. The van der Waals surface area contributed by atoms with E-state index in [4.69, 9.17) is 4.98 Å². The second-order valence-electron chi connectivity index (χ2n) is 7.27. The molecule has 27 heavy (non-hydrogen) atoms. The fraction of sp³-hybridized carbons (Fsp3) is 0.300. The third-order valence-electron chi connectivity index (χ3n) is 5.40. The van der Waals surface area contributed by atoms with Gasteiger partial charge < -0.3 is 4.90 Å². The summed E-state index contributed by atoms with van der Waals surface area (Å²) in [6, 6.07) is 4.04. The van der Waals surface area contributed by atoms with Crippen molar-refractivity contribution in [3.05, 3.63) is 41.3 Å². The van der Waals surface area contributed by atoms with Gasteiger partial charge in [-0.05, 0) is 48.9 Å². The summed E-state index contributed by atoms with van der Waals surface area (Å²) in [5.74, 6) is -0.0979. The summed E-state index contributed by atoms with van der Waals surface area (Å²) in [5, 5.41) is 16.6. The Kier molecular flexibility index (Phi) is 3.50. The lowest BCUT2D eigenvalue weighted by atomic mass is 9.85. The summed E-state index contributed by atoms with van der Waals surface area (Å²) >= 11 is 0. The molecule has 0 aliphatic heterocycles. The highest BCUT2D eigenvalue weighted by Crippen LogP contribution is 2.38. The van der Waals surface area contributed by atoms with Crippen molar-refractivity contribution in [1.82, 2.24) is 30.3 Å². The number of nitrogens with zero attached hydrogens (tertiary/aromatic N) is 4. The van der Waals surface area contributed by atoms with Gasteiger partial charge in [0.25, 0.3) is 5.91 Å². The molecule has 0 saturated heterocycles. The number of hydrogen-bond donors (Lipinski definition) is 2. The number of pyridine rings is 1. The Morgan fingerprint density at radius 1 is 1.04 bits per heavy atom. The molecule has 7 heteroatoms. The van der Waals surface area contributed by atoms with Gasteiger partial charge in [-0.3, -0.25) is 15.0 Å². The van der Waals surface area contributed by atoms with Crippen LogP contribution in [0.15, 0.2) is 24.5 Å². The van der Waals surface area contributed by atoms with Crippen LogP contribution in [0.2, 0.25) is 0 Å². The molecule has 4 aromatic rings. The van der Waals surface area contributed by atoms with E-state index in [2.05, 4.69) is 20.4 Å². The Labute approximate surface area is 155 Å². The number of nitrogens with one attached hydrogen (secondary N) is 2. The predicted molar refractivity (Wildman–Crippen MR) is 104 cm³/mol. The molecular formula is C20H20N6O. The van der Waals surface area contributed by atoms with Gasteiger partial charge in [0.2, 0.25) is 0 Å². The molecule has 0 fully saturated rings. The number of aromatic amines is 2. The molecule has 1 aromatic carbocycles. The second kappa shape index (κ2) is 5.90. The zero-order valence-corrected chi connectivity index (χ0v) is 15.3. The molecule has 3 aromatic heterocycles. The number of carbonyl (C=O) groups excluding carboxylic acids is 1. The standard InChI is InChI=1S/C20H20N6O/c1-26(2)20(27)19-14(10-22-25-19)18-12-6-4-3-5-11(12)17-13-9-21-24-15(13)7-8-16(17)23-18/h7-10H,3-6H2,1-2H3,(H,21,24)(H,22,25). The van der Waals surface area contributed by atoms with Crippen LogP contribution in [0.3, 0.4) is 0 Å². The molecule has 1 aliphatic rings. The largest absolute Gasteiger partial charge is 0.343 e. The van der Waals surface area contributed by atoms with E-state index in [0.717, 1.165) is 53.4 Å². The SMILES string of the molecule is CN(C)C(=O)c1[nH]ncc1-c1nc2ccc3[nH]ncc3c2c2c1CCCC2. The Balaban J connectivity index is 1.83. The number of carbonyl (C=O) groups is 1. The Morgan fingerprint density at radius 2 is 1.81 bits per heavy atom. The molecule has 136 valence electrons. The summed E-state index contributed by atoms with van der Waals surface area (Å²) < 4.78 is 0. The first kappa shape index (κ1) is 16.0. The number of benzene rings is 1. The number of amides is 1. The van der Waals surface area contributed by atoms with Crippen molar-refractivity contribution in [1.29, 1.82) is 0 Å². The van der Waals surface area contributed by atoms with Crippen molar-refractivity contribution in [3.63, 3.8) is 0 Å². The molecule has 7 nitrogen and oxygen atoms in total. The van der Waals surface area contributed by atoms with E-state index >= 15 is 0 Å². The number of aryl methyl sites for hydroxylation is 1. The van der Waals surface area contributed by atoms with E-state index in [-0.39, 0.29) is 5.91 Å². The molecule has 3 heterocycles. The Hall–Kier alpha value is -3.22. The zero-order chi connectivity index (χ0) is 18.5. The van der Waals surface area contributed by atoms with E-state index in [1.54, 1.807) is 25.2 Å². The molecule has 0 atom stereocenters. The van der Waals surface area contributed by atoms with Gasteiger partial charge in [-0.2, -0.15) is 10.2 Å². The van der Waals surface area contributed by atoms with Gasteiger partial charge >= 0.3 is 0 Å². The maximum absolute atomic E-state index is 12.6. The van der Waals surface area contributed by atoms with Crippen molar-refractivity contribution in [2.24, 2.45) is 0 Å². The third-order valence-corrected chi connectivity index (χ3v) is 5.40. The van der Waals surface area contributed by atoms with Crippen molar-refractivity contribution in [2.75, 3.05) is 14.1 Å². The molecule has 0 saturated carbocycles. The van der Waals surface area contributed by atoms with Gasteiger partial charge in [0.1, 0.15) is 5.69 Å². The van der Waals surface area contributed by atoms with Crippen LogP contribution in [-0.4, -0.2) is 50.3 Å². The fourth-order valence-electron chi connectivity index (χ4n) is 4.12. The van der Waals surface area contributed by atoms with Gasteiger partial charge in [-0.25, -0.2) is 4.98 Å². The summed E-state index contributed by atoms with van der Waals surface area (Å²) in [4.78, 5) is 19.1. The minimum absolute atomic E-state index is 0.0979. The maximum atomic E-state index is 12.6. The number of H-pyrrole nitrogens is 2. The molecule has 2 N–H and O–H groups in total. The van der Waals surface area contributed by atoms with Gasteiger partial charge in [0.15, 0.2) is 0 Å². The van der Waals surface area contributed by atoms with Crippen LogP contribution >= 0.6 is 0 Å². The van der Waals surface area contributed by atoms with Gasteiger partial charge in [-0.1, -0.05) is 0 Å². The molecule has 1 amide bonds. The van der Waals surface area contributed by atoms with Crippen LogP contribution in [-0.2, 0) is 12.8 Å². The third kappa shape index (κ3) is 2.34. The van der Waals surface area contributed by atoms with E-state index in [9.17, 15) is 4.79 Å². The average molecular weight is 360 g/mol. The first-order valence-electron chi connectivity index (χ1n) is 9.18. The van der Waals surface area contributed by atoms with E-state index in [1.165, 1.54) is 16.5 Å². The van der Waals surface area contributed by atoms with Gasteiger partial charge in [0.05, 0.1) is 34.7 Å². The van der Waals surface area contributed by atoms with E-state index in [0.29, 0.717) is 5.69 Å². The van der Waals surface area contributed by atoms with Crippen molar-refractivity contribution < 1.29 is 4.79 Å². The van der Waals surface area contributed by atoms with E-state index < -0.39 is 0 Å². The summed E-state index contributed by atoms with van der Waals surface area (Å²) in [7, 11) is 3.48. The molecule has 0 spiro atoms. The lowest BCUT2D eigenvalue weighted by Crippen LogP contribution is -2.23. The molecule has 1 aliphatic carbocycles. The monoisotopic (exact) mass is 360 g/mol. The summed E-state index contributed by atoms with van der Waals surface area (Å²) in [6.45, 7) is 0. The molecule has 0 unspecified atom stereocenters. The van der Waals surface area contributed by atoms with Crippen molar-refractivity contribution in [3.8, 4) is 11.3 Å². The summed E-state index contributed by atoms with van der Waals surface area (Å²) in [5.41, 5.74) is 6.67. The topological polar surface area (TPSA) is 90.6 Å². The minimum Gasteiger partial charge on any atom is -0.343 e. The highest BCUT2D eigenvalue weighted by Gasteiger charge is 2.25. The first-order chi connectivity index (χ1) is 13.1. The lowest BCUT2D eigenvalue weighted by Gasteiger charge is -2.22. The van der Waals surface area contributed by atoms with Crippen LogP contribution in [0.25, 0.3) is 33.1 Å². The van der Waals surface area contributed by atoms with E-state index in [1.807, 2.05) is 18.3 Å². The van der Waals surface area contributed by atoms with Gasteiger partial charge in [0, 0.05) is 24.9 Å². The second-order valence-corrected chi connectivity index (χ2v) is 7.27. The lowest BCUT2D eigenvalue weighted by molar-refractivity contribution is 0.0822. The Bertz CT molecular complexity index is 1190. The first-order valence-corrected chi connectivity index (χ1v) is 9.18. The average Bonchev–Trinajstić information content (AvgIpc) is 3.35. The number of hydrogen-bond acceptors (Lipinski definition) is 4. The smallest absolute Gasteiger partial charge is 0.272 e.